The first-order valence-corrected chi connectivity index (χ1v) is 5.59. The number of halogens is 1. The summed E-state index contributed by atoms with van der Waals surface area (Å²) in [6.07, 6.45) is 0. The van der Waals surface area contributed by atoms with Crippen molar-refractivity contribution >= 4 is 34.4 Å². The van der Waals surface area contributed by atoms with Gasteiger partial charge < -0.3 is 16.8 Å². The lowest BCUT2D eigenvalue weighted by Gasteiger charge is -2.10. The van der Waals surface area contributed by atoms with E-state index >= 15 is 0 Å². The van der Waals surface area contributed by atoms with E-state index < -0.39 is 0 Å². The van der Waals surface area contributed by atoms with Crippen LogP contribution in [0.3, 0.4) is 0 Å². The molecular formula is C13H11ClN4. The second-order valence-electron chi connectivity index (χ2n) is 3.78. The first-order chi connectivity index (χ1) is 8.60. The molecule has 90 valence electrons. The molecule has 0 spiro atoms. The van der Waals surface area contributed by atoms with E-state index in [1.807, 2.05) is 6.07 Å². The van der Waals surface area contributed by atoms with Gasteiger partial charge in [0.1, 0.15) is 0 Å². The summed E-state index contributed by atoms with van der Waals surface area (Å²) in [5.74, 6) is 0. The number of nitrogen functional groups attached to an aromatic ring is 2. The molecule has 0 atom stereocenters. The number of nitrogens with zero attached hydrogens (tertiary/aromatic N) is 1. The molecule has 5 heteroatoms. The van der Waals surface area contributed by atoms with Gasteiger partial charge in [-0.3, -0.25) is 0 Å². The van der Waals surface area contributed by atoms with Crippen molar-refractivity contribution in [3.8, 4) is 6.07 Å². The van der Waals surface area contributed by atoms with Gasteiger partial charge in [0.15, 0.2) is 0 Å². The Morgan fingerprint density at radius 2 is 1.83 bits per heavy atom. The second-order valence-corrected chi connectivity index (χ2v) is 4.18. The van der Waals surface area contributed by atoms with Crippen LogP contribution in [0, 0.1) is 11.3 Å². The Hall–Kier alpha value is -2.38. The number of benzene rings is 2. The van der Waals surface area contributed by atoms with Gasteiger partial charge in [0.05, 0.1) is 33.7 Å². The van der Waals surface area contributed by atoms with Crippen molar-refractivity contribution in [3.63, 3.8) is 0 Å². The highest BCUT2D eigenvalue weighted by Gasteiger charge is 2.03. The third-order valence-electron chi connectivity index (χ3n) is 2.46. The van der Waals surface area contributed by atoms with Crippen molar-refractivity contribution in [2.75, 3.05) is 16.8 Å². The molecule has 0 fully saturated rings. The average molecular weight is 259 g/mol. The number of nitrogens with two attached hydrogens (primary N) is 2. The van der Waals surface area contributed by atoms with Crippen LogP contribution in [0.25, 0.3) is 0 Å². The number of nitrogens with one attached hydrogen (secondary N) is 1. The van der Waals surface area contributed by atoms with Gasteiger partial charge in [-0.2, -0.15) is 5.26 Å². The van der Waals surface area contributed by atoms with Crippen molar-refractivity contribution < 1.29 is 0 Å². The van der Waals surface area contributed by atoms with E-state index in [1.165, 1.54) is 0 Å². The van der Waals surface area contributed by atoms with Crippen LogP contribution in [-0.2, 0) is 0 Å². The summed E-state index contributed by atoms with van der Waals surface area (Å²) in [6.45, 7) is 0. The standard InChI is InChI=1S/C13H11ClN4/c14-10-5-8(7-15)1-4-13(10)18-9-2-3-11(16)12(17)6-9/h1-6,18H,16-17H2. The van der Waals surface area contributed by atoms with Crippen LogP contribution >= 0.6 is 11.6 Å². The zero-order valence-corrected chi connectivity index (χ0v) is 10.2. The molecule has 0 aliphatic heterocycles. The summed E-state index contributed by atoms with van der Waals surface area (Å²) in [7, 11) is 0. The van der Waals surface area contributed by atoms with Gasteiger partial charge >= 0.3 is 0 Å². The van der Waals surface area contributed by atoms with E-state index in [1.54, 1.807) is 36.4 Å². The molecule has 0 aromatic heterocycles. The molecule has 0 amide bonds. The zero-order chi connectivity index (χ0) is 13.1. The molecule has 0 saturated heterocycles. The first-order valence-electron chi connectivity index (χ1n) is 5.22. The van der Waals surface area contributed by atoms with E-state index in [4.69, 9.17) is 28.3 Å². The summed E-state index contributed by atoms with van der Waals surface area (Å²) in [4.78, 5) is 0. The van der Waals surface area contributed by atoms with Crippen molar-refractivity contribution in [1.29, 1.82) is 5.26 Å². The largest absolute Gasteiger partial charge is 0.397 e. The Labute approximate surface area is 110 Å². The lowest BCUT2D eigenvalue weighted by molar-refractivity contribution is 1.47. The molecule has 0 unspecified atom stereocenters. The molecule has 4 nitrogen and oxygen atoms in total. The molecule has 0 heterocycles. The van der Waals surface area contributed by atoms with Crippen LogP contribution in [0.2, 0.25) is 5.02 Å². The molecule has 2 rings (SSSR count). The first kappa shape index (κ1) is 12.1. The maximum Gasteiger partial charge on any atom is 0.0992 e. The van der Waals surface area contributed by atoms with E-state index in [0.717, 1.165) is 5.69 Å². The summed E-state index contributed by atoms with van der Waals surface area (Å²) < 4.78 is 0. The van der Waals surface area contributed by atoms with Crippen molar-refractivity contribution in [2.24, 2.45) is 0 Å². The fraction of sp³-hybridized carbons (Fsp3) is 0. The summed E-state index contributed by atoms with van der Waals surface area (Å²) in [6, 6.07) is 12.3. The molecule has 2 aromatic carbocycles. The Balaban J connectivity index is 2.29. The third-order valence-corrected chi connectivity index (χ3v) is 2.78. The molecule has 0 saturated carbocycles. The Bertz CT molecular complexity index is 631. The van der Waals surface area contributed by atoms with Crippen LogP contribution in [0.4, 0.5) is 22.7 Å². The van der Waals surface area contributed by atoms with Gasteiger partial charge in [0.2, 0.25) is 0 Å². The van der Waals surface area contributed by atoms with Crippen LogP contribution in [0.5, 0.6) is 0 Å². The minimum Gasteiger partial charge on any atom is -0.397 e. The maximum absolute atomic E-state index is 8.75. The molecule has 5 N–H and O–H groups in total. The Kier molecular flexibility index (Phi) is 3.26. The molecular weight excluding hydrogens is 248 g/mol. The van der Waals surface area contributed by atoms with E-state index in [-0.39, 0.29) is 0 Å². The highest BCUT2D eigenvalue weighted by Crippen LogP contribution is 2.28. The minimum atomic E-state index is 0.476. The normalized spacial score (nSPS) is 9.78. The van der Waals surface area contributed by atoms with Gasteiger partial charge in [0, 0.05) is 5.69 Å². The van der Waals surface area contributed by atoms with Crippen molar-refractivity contribution in [1.82, 2.24) is 0 Å². The summed E-state index contributed by atoms with van der Waals surface area (Å²) in [5.41, 5.74) is 14.4. The minimum absolute atomic E-state index is 0.476. The van der Waals surface area contributed by atoms with Gasteiger partial charge in [-0.1, -0.05) is 11.6 Å². The summed E-state index contributed by atoms with van der Waals surface area (Å²) in [5, 5.41) is 12.3. The average Bonchev–Trinajstić information content (AvgIpc) is 2.36. The van der Waals surface area contributed by atoms with Crippen LogP contribution < -0.4 is 16.8 Å². The SMILES string of the molecule is N#Cc1ccc(Nc2ccc(N)c(N)c2)c(Cl)c1. The third kappa shape index (κ3) is 2.47. The summed E-state index contributed by atoms with van der Waals surface area (Å²) >= 11 is 6.06. The molecule has 2 aromatic rings. The number of nitriles is 1. The smallest absolute Gasteiger partial charge is 0.0992 e. The molecule has 0 aliphatic rings. The lowest BCUT2D eigenvalue weighted by atomic mass is 10.2. The van der Waals surface area contributed by atoms with Crippen LogP contribution in [0.15, 0.2) is 36.4 Å². The number of hydrogen-bond acceptors (Lipinski definition) is 4. The Morgan fingerprint density at radius 1 is 1.06 bits per heavy atom. The maximum atomic E-state index is 8.75. The molecule has 18 heavy (non-hydrogen) atoms. The van der Waals surface area contributed by atoms with E-state index in [0.29, 0.717) is 27.6 Å². The highest BCUT2D eigenvalue weighted by molar-refractivity contribution is 6.33. The molecule has 0 aliphatic carbocycles. The predicted molar refractivity (Wildman–Crippen MR) is 74.7 cm³/mol. The number of rotatable bonds is 2. The molecule has 0 radical (unpaired) electrons. The van der Waals surface area contributed by atoms with E-state index in [9.17, 15) is 0 Å². The van der Waals surface area contributed by atoms with Crippen LogP contribution in [0.1, 0.15) is 5.56 Å². The monoisotopic (exact) mass is 258 g/mol. The van der Waals surface area contributed by atoms with Crippen LogP contribution in [-0.4, -0.2) is 0 Å². The fourth-order valence-corrected chi connectivity index (χ4v) is 1.72. The van der Waals surface area contributed by atoms with E-state index in [2.05, 4.69) is 5.32 Å². The van der Waals surface area contributed by atoms with Gasteiger partial charge in [-0.15, -0.1) is 0 Å². The zero-order valence-electron chi connectivity index (χ0n) is 9.44. The molecule has 0 bridgehead atoms. The number of anilines is 4. The highest BCUT2D eigenvalue weighted by atomic mass is 35.5. The quantitative estimate of drug-likeness (QED) is 0.722. The van der Waals surface area contributed by atoms with Gasteiger partial charge in [0.25, 0.3) is 0 Å². The Morgan fingerprint density at radius 3 is 2.44 bits per heavy atom. The fourth-order valence-electron chi connectivity index (χ4n) is 1.49. The van der Waals surface area contributed by atoms with Crippen molar-refractivity contribution in [3.05, 3.63) is 47.0 Å². The second kappa shape index (κ2) is 4.86. The topological polar surface area (TPSA) is 87.9 Å². The van der Waals surface area contributed by atoms with Gasteiger partial charge in [-0.05, 0) is 36.4 Å². The van der Waals surface area contributed by atoms with Crippen molar-refractivity contribution in [2.45, 2.75) is 0 Å². The predicted octanol–water partition coefficient (Wildman–Crippen LogP) is 3.12. The number of hydrogen-bond donors (Lipinski definition) is 3. The lowest BCUT2D eigenvalue weighted by Crippen LogP contribution is -1.97. The van der Waals surface area contributed by atoms with Gasteiger partial charge in [-0.25, -0.2) is 0 Å².